The van der Waals surface area contributed by atoms with E-state index in [0.717, 1.165) is 25.9 Å². The third-order valence-electron chi connectivity index (χ3n) is 6.53. The second-order valence-electron chi connectivity index (χ2n) is 8.77. The summed E-state index contributed by atoms with van der Waals surface area (Å²) in [5.74, 6) is -3.09. The molecule has 4 rings (SSSR count). The molecule has 0 radical (unpaired) electrons. The van der Waals surface area contributed by atoms with Gasteiger partial charge in [0.25, 0.3) is 5.92 Å². The number of halogens is 2. The lowest BCUT2D eigenvalue weighted by Gasteiger charge is -2.30. The Bertz CT molecular complexity index is 573. The molecule has 2 N–H and O–H groups in total. The topological polar surface area (TPSA) is 74.3 Å². The van der Waals surface area contributed by atoms with E-state index in [1.54, 1.807) is 0 Å². The van der Waals surface area contributed by atoms with Crippen LogP contribution in [0.1, 0.15) is 32.1 Å². The van der Waals surface area contributed by atoms with Crippen molar-refractivity contribution in [3.8, 4) is 0 Å². The predicted molar refractivity (Wildman–Crippen MR) is 97.2 cm³/mol. The van der Waals surface area contributed by atoms with Crippen LogP contribution < -0.4 is 5.32 Å². The third kappa shape index (κ3) is 4.48. The van der Waals surface area contributed by atoms with Crippen molar-refractivity contribution in [1.82, 2.24) is 15.1 Å². The fourth-order valence-electron chi connectivity index (χ4n) is 4.78. The van der Waals surface area contributed by atoms with Crippen molar-refractivity contribution in [2.24, 2.45) is 0 Å². The zero-order chi connectivity index (χ0) is 19.9. The number of rotatable bonds is 5. The summed E-state index contributed by atoms with van der Waals surface area (Å²) in [5.41, 5.74) is 0. The Balaban J connectivity index is 1.20. The van der Waals surface area contributed by atoms with Gasteiger partial charge in [-0.05, 0) is 33.0 Å². The van der Waals surface area contributed by atoms with Crippen LogP contribution in [0.15, 0.2) is 0 Å². The largest absolute Gasteiger partial charge is 0.388 e. The Labute approximate surface area is 164 Å². The number of hydrogen-bond donors (Lipinski definition) is 2. The van der Waals surface area contributed by atoms with E-state index < -0.39 is 24.7 Å². The molecule has 7 nitrogen and oxygen atoms in total. The molecule has 0 spiro atoms. The third-order valence-corrected chi connectivity index (χ3v) is 6.53. The van der Waals surface area contributed by atoms with Crippen molar-refractivity contribution in [1.29, 1.82) is 0 Å². The molecule has 160 valence electrons. The summed E-state index contributed by atoms with van der Waals surface area (Å²) in [6, 6.07) is 0.442. The van der Waals surface area contributed by atoms with Crippen LogP contribution in [-0.2, 0) is 14.3 Å². The Morgan fingerprint density at radius 3 is 2.64 bits per heavy atom. The molecule has 0 saturated carbocycles. The van der Waals surface area contributed by atoms with E-state index in [2.05, 4.69) is 17.3 Å². The maximum Gasteiger partial charge on any atom is 0.267 e. The molecule has 4 fully saturated rings. The van der Waals surface area contributed by atoms with E-state index in [9.17, 15) is 18.7 Å². The zero-order valence-electron chi connectivity index (χ0n) is 16.4. The van der Waals surface area contributed by atoms with Crippen LogP contribution in [-0.4, -0.2) is 103 Å². The minimum absolute atomic E-state index is 0.0671. The number of amides is 1. The van der Waals surface area contributed by atoms with E-state index in [4.69, 9.17) is 9.47 Å². The summed E-state index contributed by atoms with van der Waals surface area (Å²) in [6.45, 7) is 2.31. The first-order valence-corrected chi connectivity index (χ1v) is 10.4. The number of nitrogens with zero attached hydrogens (tertiary/aromatic N) is 2. The predicted octanol–water partition coefficient (Wildman–Crippen LogP) is 0.214. The highest BCUT2D eigenvalue weighted by Crippen LogP contribution is 2.36. The Morgan fingerprint density at radius 2 is 2.00 bits per heavy atom. The molecule has 5 atom stereocenters. The number of ether oxygens (including phenoxy) is 2. The second kappa shape index (κ2) is 8.10. The average molecular weight is 403 g/mol. The van der Waals surface area contributed by atoms with Crippen LogP contribution in [0, 0.1) is 0 Å². The molecule has 4 aliphatic heterocycles. The van der Waals surface area contributed by atoms with Crippen molar-refractivity contribution < 1.29 is 28.2 Å². The summed E-state index contributed by atoms with van der Waals surface area (Å²) in [6.07, 6.45) is 0.366. The van der Waals surface area contributed by atoms with Gasteiger partial charge in [0.05, 0.1) is 31.3 Å². The summed E-state index contributed by atoms with van der Waals surface area (Å²) < 4.78 is 38.4. The SMILES string of the molecule is CN1CCC(NCC2OC3CC(CC(=O)N4CCC(F)(F)C4)OC3C2O)CC1. The molecule has 28 heavy (non-hydrogen) atoms. The van der Waals surface area contributed by atoms with Crippen molar-refractivity contribution in [3.63, 3.8) is 0 Å². The van der Waals surface area contributed by atoms with Gasteiger partial charge in [0.2, 0.25) is 5.91 Å². The Morgan fingerprint density at radius 1 is 1.25 bits per heavy atom. The number of aliphatic hydroxyl groups excluding tert-OH is 1. The fourth-order valence-corrected chi connectivity index (χ4v) is 4.78. The van der Waals surface area contributed by atoms with Crippen LogP contribution >= 0.6 is 0 Å². The number of fused-ring (bicyclic) bond motifs is 1. The smallest absolute Gasteiger partial charge is 0.267 e. The minimum Gasteiger partial charge on any atom is -0.388 e. The number of hydrogen-bond acceptors (Lipinski definition) is 6. The van der Waals surface area contributed by atoms with Crippen molar-refractivity contribution in [2.45, 2.75) is 74.6 Å². The highest BCUT2D eigenvalue weighted by Gasteiger charge is 2.51. The minimum atomic E-state index is -2.78. The number of aliphatic hydroxyl groups is 1. The van der Waals surface area contributed by atoms with Gasteiger partial charge in [-0.25, -0.2) is 8.78 Å². The van der Waals surface area contributed by atoms with Gasteiger partial charge in [0.1, 0.15) is 12.2 Å². The fraction of sp³-hybridized carbons (Fsp3) is 0.947. The number of alkyl halides is 2. The van der Waals surface area contributed by atoms with Crippen LogP contribution in [0.3, 0.4) is 0 Å². The molecule has 5 unspecified atom stereocenters. The van der Waals surface area contributed by atoms with Crippen LogP contribution in [0.2, 0.25) is 0 Å². The first kappa shape index (κ1) is 20.4. The summed E-state index contributed by atoms with van der Waals surface area (Å²) in [5, 5.41) is 14.1. The molecule has 0 aromatic heterocycles. The lowest BCUT2D eigenvalue weighted by Crippen LogP contribution is -2.46. The lowest BCUT2D eigenvalue weighted by atomic mass is 10.0. The molecular weight excluding hydrogens is 372 g/mol. The van der Waals surface area contributed by atoms with Gasteiger partial charge in [-0.1, -0.05) is 0 Å². The number of likely N-dealkylation sites (tertiary alicyclic amines) is 2. The first-order valence-electron chi connectivity index (χ1n) is 10.4. The van der Waals surface area contributed by atoms with E-state index in [1.165, 1.54) is 4.90 Å². The highest BCUT2D eigenvalue weighted by atomic mass is 19.3. The monoisotopic (exact) mass is 403 g/mol. The number of carbonyl (C=O) groups is 1. The average Bonchev–Trinajstić information content (AvgIpc) is 3.29. The van der Waals surface area contributed by atoms with Gasteiger partial charge in [-0.2, -0.15) is 0 Å². The summed E-state index contributed by atoms with van der Waals surface area (Å²) >= 11 is 0. The normalized spacial score (nSPS) is 38.9. The van der Waals surface area contributed by atoms with E-state index in [0.29, 0.717) is 19.0 Å². The van der Waals surface area contributed by atoms with Crippen molar-refractivity contribution in [3.05, 3.63) is 0 Å². The number of carbonyl (C=O) groups excluding carboxylic acids is 1. The standard InChI is InChI=1S/C19H31F2N3O4/c1-23-5-2-12(3-6-23)22-10-15-17(26)18-14(28-15)8-13(27-18)9-16(25)24-7-4-19(20,21)11-24/h12-15,17-18,22,26H,2-11H2,1H3. The van der Waals surface area contributed by atoms with Gasteiger partial charge in [-0.3, -0.25) is 4.79 Å². The van der Waals surface area contributed by atoms with Crippen molar-refractivity contribution >= 4 is 5.91 Å². The quantitative estimate of drug-likeness (QED) is 0.684. The van der Waals surface area contributed by atoms with Crippen LogP contribution in [0.5, 0.6) is 0 Å². The zero-order valence-corrected chi connectivity index (χ0v) is 16.4. The van der Waals surface area contributed by atoms with Gasteiger partial charge in [0, 0.05) is 32.0 Å². The molecule has 0 aliphatic carbocycles. The second-order valence-corrected chi connectivity index (χ2v) is 8.77. The number of nitrogens with one attached hydrogen (secondary N) is 1. The molecule has 1 amide bonds. The highest BCUT2D eigenvalue weighted by molar-refractivity contribution is 5.77. The molecule has 0 bridgehead atoms. The Hall–Kier alpha value is -0.870. The summed E-state index contributed by atoms with van der Waals surface area (Å²) in [7, 11) is 2.12. The summed E-state index contributed by atoms with van der Waals surface area (Å²) in [4.78, 5) is 15.8. The van der Waals surface area contributed by atoms with Gasteiger partial charge >= 0.3 is 0 Å². The van der Waals surface area contributed by atoms with Gasteiger partial charge < -0.3 is 29.7 Å². The maximum atomic E-state index is 13.3. The molecule has 0 aromatic rings. The maximum absolute atomic E-state index is 13.3. The lowest BCUT2D eigenvalue weighted by molar-refractivity contribution is -0.135. The molecule has 0 aromatic carbocycles. The van der Waals surface area contributed by atoms with Gasteiger partial charge in [0.15, 0.2) is 0 Å². The Kier molecular flexibility index (Phi) is 5.90. The van der Waals surface area contributed by atoms with Crippen LogP contribution in [0.25, 0.3) is 0 Å². The molecule has 4 saturated heterocycles. The number of piperidine rings is 1. The van der Waals surface area contributed by atoms with Crippen LogP contribution in [0.4, 0.5) is 8.78 Å². The van der Waals surface area contributed by atoms with E-state index in [1.807, 2.05) is 0 Å². The van der Waals surface area contributed by atoms with E-state index >= 15 is 0 Å². The van der Waals surface area contributed by atoms with E-state index in [-0.39, 0.29) is 43.6 Å². The molecule has 4 heterocycles. The molecule has 9 heteroatoms. The molecular formula is C19H31F2N3O4. The molecule has 4 aliphatic rings. The first-order chi connectivity index (χ1) is 13.3. The van der Waals surface area contributed by atoms with Gasteiger partial charge in [-0.15, -0.1) is 0 Å². The van der Waals surface area contributed by atoms with Crippen molar-refractivity contribution in [2.75, 3.05) is 39.8 Å².